The van der Waals surface area contributed by atoms with E-state index in [1.165, 1.54) is 49.9 Å². The Labute approximate surface area is 177 Å². The number of nitrogens with zero attached hydrogens (tertiary/aromatic N) is 2. The molecule has 0 radical (unpaired) electrons. The van der Waals surface area contributed by atoms with E-state index in [4.69, 9.17) is 4.74 Å². The Morgan fingerprint density at radius 3 is 2.32 bits per heavy atom. The van der Waals surface area contributed by atoms with Crippen LogP contribution in [0.1, 0.15) is 42.7 Å². The molecule has 1 aliphatic heterocycles. The Hall–Kier alpha value is -1.36. The van der Waals surface area contributed by atoms with E-state index < -0.39 is 0 Å². The van der Waals surface area contributed by atoms with Gasteiger partial charge in [0.2, 0.25) is 0 Å². The van der Waals surface area contributed by atoms with Crippen molar-refractivity contribution in [3.05, 3.63) is 64.1 Å². The third-order valence-corrected chi connectivity index (χ3v) is 7.02. The second-order valence-corrected chi connectivity index (χ2v) is 9.10. The van der Waals surface area contributed by atoms with E-state index in [1.54, 1.807) is 7.11 Å². The zero-order valence-corrected chi connectivity index (χ0v) is 18.4. The first-order valence-corrected chi connectivity index (χ1v) is 11.4. The van der Waals surface area contributed by atoms with Crippen LogP contribution >= 0.6 is 15.9 Å². The number of ether oxygens (including phenoxy) is 1. The van der Waals surface area contributed by atoms with Gasteiger partial charge in [-0.05, 0) is 55.4 Å². The van der Waals surface area contributed by atoms with Crippen molar-refractivity contribution in [2.45, 2.75) is 44.2 Å². The number of piperazine rings is 1. The van der Waals surface area contributed by atoms with Gasteiger partial charge in [0.05, 0.1) is 7.11 Å². The highest BCUT2D eigenvalue weighted by Crippen LogP contribution is 2.35. The van der Waals surface area contributed by atoms with Crippen LogP contribution in [0.2, 0.25) is 0 Å². The highest BCUT2D eigenvalue weighted by atomic mass is 79.9. The maximum atomic E-state index is 5.55. The molecule has 0 bridgehead atoms. The van der Waals surface area contributed by atoms with Crippen LogP contribution in [0.15, 0.2) is 53.0 Å². The minimum Gasteiger partial charge on any atom is -0.496 e. The summed E-state index contributed by atoms with van der Waals surface area (Å²) in [6.45, 7) is 5.65. The van der Waals surface area contributed by atoms with Gasteiger partial charge in [-0.2, -0.15) is 0 Å². The lowest BCUT2D eigenvalue weighted by Gasteiger charge is -2.42. The van der Waals surface area contributed by atoms with E-state index in [-0.39, 0.29) is 0 Å². The summed E-state index contributed by atoms with van der Waals surface area (Å²) in [6, 6.07) is 18.2. The fourth-order valence-electron chi connectivity index (χ4n) is 4.90. The van der Waals surface area contributed by atoms with Crippen molar-refractivity contribution < 1.29 is 4.74 Å². The zero-order chi connectivity index (χ0) is 19.3. The molecule has 2 aromatic carbocycles. The fraction of sp³-hybridized carbons (Fsp3) is 0.500. The molecule has 0 aromatic heterocycles. The molecule has 3 nitrogen and oxygen atoms in total. The average molecular weight is 443 g/mol. The third kappa shape index (κ3) is 4.79. The molecule has 0 unspecified atom stereocenters. The molecule has 1 saturated carbocycles. The van der Waals surface area contributed by atoms with Crippen molar-refractivity contribution in [3.63, 3.8) is 0 Å². The summed E-state index contributed by atoms with van der Waals surface area (Å²) in [7, 11) is 1.76. The second-order valence-electron chi connectivity index (χ2n) is 8.18. The van der Waals surface area contributed by atoms with Gasteiger partial charge in [-0.1, -0.05) is 46.3 Å². The second kappa shape index (κ2) is 9.43. The van der Waals surface area contributed by atoms with Crippen LogP contribution in [0.5, 0.6) is 5.75 Å². The van der Waals surface area contributed by atoms with Crippen LogP contribution in [-0.4, -0.2) is 49.1 Å². The fourth-order valence-corrected chi connectivity index (χ4v) is 5.31. The standard InChI is InChI=1S/C24H31BrN2O/c1-28-24-12-9-22(25)17-21(24)18-26-13-15-27(16-14-26)23-10-7-20(8-11-23)19-5-3-2-4-6-19/h2-6,9,12,17,20,23H,7-8,10-11,13-16,18H2,1H3. The Morgan fingerprint density at radius 2 is 1.64 bits per heavy atom. The summed E-state index contributed by atoms with van der Waals surface area (Å²) in [5.41, 5.74) is 2.81. The average Bonchev–Trinajstić information content (AvgIpc) is 2.75. The third-order valence-electron chi connectivity index (χ3n) is 6.53. The molecule has 1 heterocycles. The van der Waals surface area contributed by atoms with Crippen molar-refractivity contribution >= 4 is 15.9 Å². The molecule has 28 heavy (non-hydrogen) atoms. The van der Waals surface area contributed by atoms with Crippen molar-refractivity contribution in [1.82, 2.24) is 9.80 Å². The lowest BCUT2D eigenvalue weighted by atomic mass is 9.81. The van der Waals surface area contributed by atoms with Crippen LogP contribution in [0.4, 0.5) is 0 Å². The Morgan fingerprint density at radius 1 is 0.929 bits per heavy atom. The minimum absolute atomic E-state index is 0.766. The van der Waals surface area contributed by atoms with Gasteiger partial charge in [0, 0.05) is 48.8 Å². The van der Waals surface area contributed by atoms with Gasteiger partial charge in [-0.25, -0.2) is 0 Å². The molecule has 0 amide bonds. The molecule has 1 aliphatic carbocycles. The summed E-state index contributed by atoms with van der Waals surface area (Å²) >= 11 is 3.59. The summed E-state index contributed by atoms with van der Waals surface area (Å²) in [6.07, 6.45) is 5.37. The quantitative estimate of drug-likeness (QED) is 0.624. The molecule has 150 valence electrons. The van der Waals surface area contributed by atoms with E-state index in [2.05, 4.69) is 68.2 Å². The molecule has 4 rings (SSSR count). The molecule has 2 aromatic rings. The largest absolute Gasteiger partial charge is 0.496 e. The van der Waals surface area contributed by atoms with E-state index in [9.17, 15) is 0 Å². The molecular weight excluding hydrogens is 412 g/mol. The number of methoxy groups -OCH3 is 1. The van der Waals surface area contributed by atoms with E-state index >= 15 is 0 Å². The topological polar surface area (TPSA) is 15.7 Å². The number of rotatable bonds is 5. The van der Waals surface area contributed by atoms with Crippen LogP contribution in [-0.2, 0) is 6.54 Å². The van der Waals surface area contributed by atoms with E-state index in [0.29, 0.717) is 0 Å². The van der Waals surface area contributed by atoms with Gasteiger partial charge >= 0.3 is 0 Å². The Bertz CT molecular complexity index is 750. The van der Waals surface area contributed by atoms with Gasteiger partial charge in [0.25, 0.3) is 0 Å². The summed E-state index contributed by atoms with van der Waals surface area (Å²) in [4.78, 5) is 5.31. The first kappa shape index (κ1) is 19.9. The molecule has 2 aliphatic rings. The zero-order valence-electron chi connectivity index (χ0n) is 16.8. The van der Waals surface area contributed by atoms with Gasteiger partial charge < -0.3 is 4.74 Å². The maximum absolute atomic E-state index is 5.55. The predicted octanol–water partition coefficient (Wildman–Crippen LogP) is 5.30. The molecule has 4 heteroatoms. The highest BCUT2D eigenvalue weighted by Gasteiger charge is 2.29. The SMILES string of the molecule is COc1ccc(Br)cc1CN1CCN(C2CCC(c3ccccc3)CC2)CC1. The minimum atomic E-state index is 0.766. The Balaban J connectivity index is 1.26. The van der Waals surface area contributed by atoms with Gasteiger partial charge in [0.15, 0.2) is 0 Å². The number of hydrogen-bond donors (Lipinski definition) is 0. The lowest BCUT2D eigenvalue weighted by Crippen LogP contribution is -2.50. The molecule has 0 spiro atoms. The summed E-state index contributed by atoms with van der Waals surface area (Å²) < 4.78 is 6.67. The molecule has 2 fully saturated rings. The van der Waals surface area contributed by atoms with E-state index in [0.717, 1.165) is 41.8 Å². The van der Waals surface area contributed by atoms with E-state index in [1.807, 2.05) is 6.07 Å². The number of halogens is 1. The van der Waals surface area contributed by atoms with Crippen LogP contribution in [0.25, 0.3) is 0 Å². The first-order chi connectivity index (χ1) is 13.7. The first-order valence-electron chi connectivity index (χ1n) is 10.6. The monoisotopic (exact) mass is 442 g/mol. The van der Waals surface area contributed by atoms with Gasteiger partial charge in [-0.15, -0.1) is 0 Å². The molecular formula is C24H31BrN2O. The molecule has 1 saturated heterocycles. The summed E-state index contributed by atoms with van der Waals surface area (Å²) in [5, 5.41) is 0. The Kier molecular flexibility index (Phi) is 6.71. The molecule has 0 N–H and O–H groups in total. The number of benzene rings is 2. The van der Waals surface area contributed by atoms with Crippen molar-refractivity contribution in [2.24, 2.45) is 0 Å². The van der Waals surface area contributed by atoms with Crippen LogP contribution in [0.3, 0.4) is 0 Å². The van der Waals surface area contributed by atoms with Crippen LogP contribution < -0.4 is 4.74 Å². The smallest absolute Gasteiger partial charge is 0.123 e. The molecule has 0 atom stereocenters. The van der Waals surface area contributed by atoms with Crippen molar-refractivity contribution in [3.8, 4) is 5.75 Å². The normalized spacial score (nSPS) is 24.2. The number of hydrogen-bond acceptors (Lipinski definition) is 3. The predicted molar refractivity (Wildman–Crippen MR) is 119 cm³/mol. The lowest BCUT2D eigenvalue weighted by molar-refractivity contribution is 0.0723. The summed E-state index contributed by atoms with van der Waals surface area (Å²) in [5.74, 6) is 1.76. The van der Waals surface area contributed by atoms with Crippen LogP contribution in [0, 0.1) is 0 Å². The van der Waals surface area contributed by atoms with Gasteiger partial charge in [-0.3, -0.25) is 9.80 Å². The van der Waals surface area contributed by atoms with Gasteiger partial charge in [0.1, 0.15) is 5.75 Å². The maximum Gasteiger partial charge on any atom is 0.123 e. The van der Waals surface area contributed by atoms with Crippen molar-refractivity contribution in [2.75, 3.05) is 33.3 Å². The highest BCUT2D eigenvalue weighted by molar-refractivity contribution is 9.10. The van der Waals surface area contributed by atoms with Crippen molar-refractivity contribution in [1.29, 1.82) is 0 Å².